The second kappa shape index (κ2) is 5.56. The van der Waals surface area contributed by atoms with E-state index >= 15 is 0 Å². The van der Waals surface area contributed by atoms with Gasteiger partial charge in [-0.3, -0.25) is 0 Å². The lowest BCUT2D eigenvalue weighted by atomic mass is 9.99. The molecule has 1 aliphatic rings. The first kappa shape index (κ1) is 12.5. The van der Waals surface area contributed by atoms with Crippen LogP contribution in [-0.2, 0) is 11.2 Å². The summed E-state index contributed by atoms with van der Waals surface area (Å²) in [7, 11) is 0. The number of hydrogen-bond donors (Lipinski definition) is 1. The third kappa shape index (κ3) is 3.48. The second-order valence-corrected chi connectivity index (χ2v) is 4.93. The van der Waals surface area contributed by atoms with Gasteiger partial charge in [0.25, 0.3) is 0 Å². The largest absolute Gasteiger partial charge is 0.381 e. The summed E-state index contributed by atoms with van der Waals surface area (Å²) in [6, 6.07) is 2.18. The molecule has 1 saturated heterocycles. The summed E-state index contributed by atoms with van der Waals surface area (Å²) in [6.07, 6.45) is 2.88. The van der Waals surface area contributed by atoms with E-state index in [4.69, 9.17) is 10.5 Å². The Morgan fingerprint density at radius 1 is 1.41 bits per heavy atom. The number of aromatic nitrogens is 2. The molecule has 94 valence electrons. The van der Waals surface area contributed by atoms with E-state index in [1.807, 2.05) is 19.9 Å². The van der Waals surface area contributed by atoms with Crippen molar-refractivity contribution in [1.82, 2.24) is 9.97 Å². The molecule has 4 heteroatoms. The normalized spacial score (nSPS) is 19.2. The molecule has 0 spiro atoms. The lowest BCUT2D eigenvalue weighted by Crippen LogP contribution is -2.21. The average molecular weight is 235 g/mol. The van der Waals surface area contributed by atoms with Crippen molar-refractivity contribution < 1.29 is 4.74 Å². The van der Waals surface area contributed by atoms with Crippen LogP contribution < -0.4 is 5.73 Å². The molecule has 0 radical (unpaired) electrons. The highest BCUT2D eigenvalue weighted by Gasteiger charge is 2.19. The van der Waals surface area contributed by atoms with Gasteiger partial charge in [0.2, 0.25) is 0 Å². The zero-order valence-electron chi connectivity index (χ0n) is 10.6. The minimum absolute atomic E-state index is 0.145. The van der Waals surface area contributed by atoms with E-state index in [1.165, 1.54) is 0 Å². The quantitative estimate of drug-likeness (QED) is 0.864. The lowest BCUT2D eigenvalue weighted by Gasteiger charge is -2.21. The topological polar surface area (TPSA) is 61.0 Å². The Kier molecular flexibility index (Phi) is 4.07. The SMILES string of the molecule is Cc1cc(CC(C)N)nc(C2CCOCC2)n1. The van der Waals surface area contributed by atoms with Crippen molar-refractivity contribution in [2.45, 2.75) is 45.1 Å². The van der Waals surface area contributed by atoms with Crippen LogP contribution in [0.25, 0.3) is 0 Å². The van der Waals surface area contributed by atoms with Gasteiger partial charge in [0, 0.05) is 43.0 Å². The molecular weight excluding hydrogens is 214 g/mol. The van der Waals surface area contributed by atoms with Crippen LogP contribution in [0.2, 0.25) is 0 Å². The number of nitrogens with two attached hydrogens (primary N) is 1. The molecule has 0 saturated carbocycles. The van der Waals surface area contributed by atoms with E-state index in [9.17, 15) is 0 Å². The van der Waals surface area contributed by atoms with Gasteiger partial charge >= 0.3 is 0 Å². The maximum atomic E-state index is 5.82. The number of aryl methyl sites for hydroxylation is 1. The van der Waals surface area contributed by atoms with E-state index < -0.39 is 0 Å². The molecule has 0 bridgehead atoms. The van der Waals surface area contributed by atoms with Crippen molar-refractivity contribution in [3.8, 4) is 0 Å². The summed E-state index contributed by atoms with van der Waals surface area (Å²) >= 11 is 0. The summed E-state index contributed by atoms with van der Waals surface area (Å²) in [5.74, 6) is 1.43. The molecule has 0 aromatic carbocycles. The van der Waals surface area contributed by atoms with Crippen LogP contribution in [0.5, 0.6) is 0 Å². The van der Waals surface area contributed by atoms with Crippen molar-refractivity contribution in [3.63, 3.8) is 0 Å². The molecule has 0 amide bonds. The minimum atomic E-state index is 0.145. The van der Waals surface area contributed by atoms with Gasteiger partial charge in [-0.2, -0.15) is 0 Å². The molecule has 0 aliphatic carbocycles. The van der Waals surface area contributed by atoms with Crippen LogP contribution in [0.4, 0.5) is 0 Å². The molecule has 2 heterocycles. The van der Waals surface area contributed by atoms with Crippen LogP contribution >= 0.6 is 0 Å². The van der Waals surface area contributed by atoms with Gasteiger partial charge in [0.15, 0.2) is 0 Å². The fourth-order valence-corrected chi connectivity index (χ4v) is 2.23. The van der Waals surface area contributed by atoms with Gasteiger partial charge in [-0.25, -0.2) is 9.97 Å². The van der Waals surface area contributed by atoms with Gasteiger partial charge in [-0.15, -0.1) is 0 Å². The predicted octanol–water partition coefficient (Wildman–Crippen LogP) is 1.57. The molecule has 1 aliphatic heterocycles. The monoisotopic (exact) mass is 235 g/mol. The summed E-state index contributed by atoms with van der Waals surface area (Å²) in [5, 5.41) is 0. The Morgan fingerprint density at radius 2 is 2.12 bits per heavy atom. The first-order valence-corrected chi connectivity index (χ1v) is 6.33. The second-order valence-electron chi connectivity index (χ2n) is 4.93. The van der Waals surface area contributed by atoms with Gasteiger partial charge in [0.1, 0.15) is 5.82 Å². The Bertz CT molecular complexity index is 373. The van der Waals surface area contributed by atoms with Crippen LogP contribution in [0, 0.1) is 6.92 Å². The highest BCUT2D eigenvalue weighted by molar-refractivity contribution is 5.13. The Morgan fingerprint density at radius 3 is 2.76 bits per heavy atom. The van der Waals surface area contributed by atoms with Gasteiger partial charge < -0.3 is 10.5 Å². The smallest absolute Gasteiger partial charge is 0.132 e. The van der Waals surface area contributed by atoms with E-state index in [0.717, 1.165) is 49.7 Å². The van der Waals surface area contributed by atoms with Crippen LogP contribution in [0.3, 0.4) is 0 Å². The fraction of sp³-hybridized carbons (Fsp3) is 0.692. The maximum Gasteiger partial charge on any atom is 0.132 e. The average Bonchev–Trinajstić information content (AvgIpc) is 2.28. The highest BCUT2D eigenvalue weighted by Crippen LogP contribution is 2.24. The molecule has 17 heavy (non-hydrogen) atoms. The molecule has 1 aromatic rings. The molecule has 2 N–H and O–H groups in total. The Hall–Kier alpha value is -1.00. The number of ether oxygens (including phenoxy) is 1. The van der Waals surface area contributed by atoms with E-state index in [2.05, 4.69) is 9.97 Å². The first-order valence-electron chi connectivity index (χ1n) is 6.33. The lowest BCUT2D eigenvalue weighted by molar-refractivity contribution is 0.0835. The van der Waals surface area contributed by atoms with E-state index in [1.54, 1.807) is 0 Å². The molecule has 1 unspecified atom stereocenters. The molecule has 1 atom stereocenters. The third-order valence-corrected chi connectivity index (χ3v) is 3.04. The van der Waals surface area contributed by atoms with Crippen molar-refractivity contribution >= 4 is 0 Å². The number of hydrogen-bond acceptors (Lipinski definition) is 4. The molecule has 1 fully saturated rings. The standard InChI is InChI=1S/C13H21N3O/c1-9(14)7-12-8-10(2)15-13(16-12)11-3-5-17-6-4-11/h8-9,11H,3-7,14H2,1-2H3. The van der Waals surface area contributed by atoms with Crippen molar-refractivity contribution in [2.24, 2.45) is 5.73 Å². The number of nitrogens with zero attached hydrogens (tertiary/aromatic N) is 2. The highest BCUT2D eigenvalue weighted by atomic mass is 16.5. The zero-order valence-corrected chi connectivity index (χ0v) is 10.6. The maximum absolute atomic E-state index is 5.82. The van der Waals surface area contributed by atoms with Crippen molar-refractivity contribution in [2.75, 3.05) is 13.2 Å². The van der Waals surface area contributed by atoms with Crippen molar-refractivity contribution in [1.29, 1.82) is 0 Å². The summed E-state index contributed by atoms with van der Waals surface area (Å²) in [6.45, 7) is 5.68. The van der Waals surface area contributed by atoms with Crippen LogP contribution in [0.15, 0.2) is 6.07 Å². The van der Waals surface area contributed by atoms with Gasteiger partial charge in [-0.1, -0.05) is 0 Å². The number of rotatable bonds is 3. The molecule has 4 nitrogen and oxygen atoms in total. The van der Waals surface area contributed by atoms with E-state index in [0.29, 0.717) is 5.92 Å². The van der Waals surface area contributed by atoms with Gasteiger partial charge in [-0.05, 0) is 32.8 Å². The van der Waals surface area contributed by atoms with Gasteiger partial charge in [0.05, 0.1) is 0 Å². The van der Waals surface area contributed by atoms with Crippen LogP contribution in [0.1, 0.15) is 42.9 Å². The van der Waals surface area contributed by atoms with Crippen LogP contribution in [-0.4, -0.2) is 29.2 Å². The third-order valence-electron chi connectivity index (χ3n) is 3.04. The Labute approximate surface area is 103 Å². The molecule has 2 rings (SSSR count). The summed E-state index contributed by atoms with van der Waals surface area (Å²) in [5.41, 5.74) is 7.93. The predicted molar refractivity (Wildman–Crippen MR) is 66.9 cm³/mol. The van der Waals surface area contributed by atoms with E-state index in [-0.39, 0.29) is 6.04 Å². The first-order chi connectivity index (χ1) is 8.15. The summed E-state index contributed by atoms with van der Waals surface area (Å²) < 4.78 is 5.37. The zero-order chi connectivity index (χ0) is 12.3. The summed E-state index contributed by atoms with van der Waals surface area (Å²) in [4.78, 5) is 9.21. The molecule has 1 aromatic heterocycles. The fourth-order valence-electron chi connectivity index (χ4n) is 2.23. The molecular formula is C13H21N3O. The minimum Gasteiger partial charge on any atom is -0.381 e. The Balaban J connectivity index is 2.18. The van der Waals surface area contributed by atoms with Crippen molar-refractivity contribution in [3.05, 3.63) is 23.3 Å².